The molecule has 0 aliphatic carbocycles. The zero-order valence-electron chi connectivity index (χ0n) is 14.9. The van der Waals surface area contributed by atoms with Crippen LogP contribution in [0, 0.1) is 5.21 Å². The molecule has 3 rings (SSSR count). The fourth-order valence-corrected chi connectivity index (χ4v) is 2.53. The molecule has 9 heteroatoms. The molecule has 0 spiro atoms. The maximum Gasteiger partial charge on any atom is 0.419 e. The fraction of sp³-hybridized carbons (Fsp3) is 0.222. The van der Waals surface area contributed by atoms with Crippen molar-refractivity contribution in [1.82, 2.24) is 10.1 Å². The van der Waals surface area contributed by atoms with Crippen LogP contribution in [0.4, 0.5) is 11.6 Å². The first kappa shape index (κ1) is 18.7. The molecule has 1 N–H and O–H groups in total. The van der Waals surface area contributed by atoms with Gasteiger partial charge in [0.2, 0.25) is 0 Å². The minimum atomic E-state index is -1.35. The molecular weight excluding hydrogens is 372 g/mol. The van der Waals surface area contributed by atoms with Crippen LogP contribution in [0.25, 0.3) is 11.0 Å². The van der Waals surface area contributed by atoms with Gasteiger partial charge in [-0.15, -0.1) is 9.94 Å². The van der Waals surface area contributed by atoms with Gasteiger partial charge in [-0.25, -0.2) is 9.69 Å². The van der Waals surface area contributed by atoms with Crippen molar-refractivity contribution in [3.8, 4) is 5.75 Å². The van der Waals surface area contributed by atoms with E-state index in [1.165, 1.54) is 13.8 Å². The zero-order chi connectivity index (χ0) is 19.8. The molecule has 0 fully saturated rings. The molecule has 0 saturated carbocycles. The number of rotatable bonds is 5. The van der Waals surface area contributed by atoms with Crippen LogP contribution in [-0.4, -0.2) is 33.8 Å². The van der Waals surface area contributed by atoms with E-state index in [-0.39, 0.29) is 5.95 Å². The molecule has 0 amide bonds. The van der Waals surface area contributed by atoms with Crippen molar-refractivity contribution in [1.29, 1.82) is 0 Å². The molecule has 27 heavy (non-hydrogen) atoms. The first-order valence-electron chi connectivity index (χ1n) is 8.01. The van der Waals surface area contributed by atoms with Crippen LogP contribution in [0.15, 0.2) is 42.5 Å². The Morgan fingerprint density at radius 3 is 2.52 bits per heavy atom. The second-order valence-electron chi connectivity index (χ2n) is 6.39. The molecule has 2 aromatic carbocycles. The molecule has 1 aromatic heterocycles. The molecule has 0 unspecified atom stereocenters. The highest BCUT2D eigenvalue weighted by Gasteiger charge is 2.29. The van der Waals surface area contributed by atoms with Crippen molar-refractivity contribution in [2.45, 2.75) is 19.4 Å². The highest BCUT2D eigenvalue weighted by molar-refractivity contribution is 6.31. The SMILES string of the molecule is CN(c1ccc(OC(C)(C)C(=O)O)cc1)c1nc2ccc(Cl)cc2n[n+]1[O-]. The van der Waals surface area contributed by atoms with E-state index in [0.29, 0.717) is 32.3 Å². The Balaban J connectivity index is 1.88. The van der Waals surface area contributed by atoms with Crippen LogP contribution in [0.5, 0.6) is 5.75 Å². The summed E-state index contributed by atoms with van der Waals surface area (Å²) in [5, 5.41) is 25.8. The van der Waals surface area contributed by atoms with Gasteiger partial charge < -0.3 is 15.1 Å². The summed E-state index contributed by atoms with van der Waals surface area (Å²) >= 11 is 5.91. The second-order valence-corrected chi connectivity index (χ2v) is 6.82. The number of aliphatic carboxylic acids is 1. The standard InChI is InChI=1S/C18H17ClN4O4/c1-18(2,16(24)25)27-13-7-5-12(6-8-13)22(3)17-20-14-9-4-11(19)10-15(14)21-23(17)26/h4-10H,1-3H3,(H,24,25). The molecule has 0 aliphatic rings. The van der Waals surface area contributed by atoms with Gasteiger partial charge >= 0.3 is 11.9 Å². The molecule has 3 aromatic rings. The van der Waals surface area contributed by atoms with Crippen LogP contribution in [0.2, 0.25) is 5.02 Å². The van der Waals surface area contributed by atoms with Crippen LogP contribution in [0.3, 0.4) is 0 Å². The van der Waals surface area contributed by atoms with Crippen molar-refractivity contribution in [2.75, 3.05) is 11.9 Å². The van der Waals surface area contributed by atoms with Gasteiger partial charge in [-0.2, -0.15) is 0 Å². The van der Waals surface area contributed by atoms with Crippen molar-refractivity contribution >= 4 is 40.2 Å². The minimum Gasteiger partial charge on any atom is -0.722 e. The van der Waals surface area contributed by atoms with E-state index in [9.17, 15) is 10.0 Å². The van der Waals surface area contributed by atoms with Gasteiger partial charge in [-0.3, -0.25) is 0 Å². The number of hydrogen-bond donors (Lipinski definition) is 1. The number of anilines is 2. The van der Waals surface area contributed by atoms with Gasteiger partial charge in [0.15, 0.2) is 11.1 Å². The Kier molecular flexibility index (Phi) is 4.75. The number of carboxylic acids is 1. The van der Waals surface area contributed by atoms with E-state index in [1.807, 2.05) is 0 Å². The maximum absolute atomic E-state index is 12.3. The summed E-state index contributed by atoms with van der Waals surface area (Å²) in [7, 11) is 1.68. The molecule has 8 nitrogen and oxygen atoms in total. The highest BCUT2D eigenvalue weighted by Crippen LogP contribution is 2.25. The van der Waals surface area contributed by atoms with E-state index in [1.54, 1.807) is 54.4 Å². The predicted molar refractivity (Wildman–Crippen MR) is 100 cm³/mol. The van der Waals surface area contributed by atoms with Gasteiger partial charge in [0.25, 0.3) is 0 Å². The van der Waals surface area contributed by atoms with Crippen molar-refractivity contribution in [3.63, 3.8) is 0 Å². The third kappa shape index (κ3) is 3.85. The smallest absolute Gasteiger partial charge is 0.419 e. The normalized spacial score (nSPS) is 11.4. The lowest BCUT2D eigenvalue weighted by molar-refractivity contribution is -0.656. The molecule has 0 radical (unpaired) electrons. The number of carboxylic acid groups (broad SMARTS) is 1. The Bertz CT molecular complexity index is 1010. The molecule has 0 bridgehead atoms. The number of benzene rings is 2. The van der Waals surface area contributed by atoms with E-state index in [0.717, 1.165) is 0 Å². The van der Waals surface area contributed by atoms with Gasteiger partial charge in [0, 0.05) is 5.02 Å². The fourth-order valence-electron chi connectivity index (χ4n) is 2.36. The van der Waals surface area contributed by atoms with Gasteiger partial charge in [0.05, 0.1) is 7.05 Å². The highest BCUT2D eigenvalue weighted by atomic mass is 35.5. The summed E-state index contributed by atoms with van der Waals surface area (Å²) in [6.45, 7) is 2.93. The average Bonchev–Trinajstić information content (AvgIpc) is 2.60. The first-order chi connectivity index (χ1) is 12.7. The number of ether oxygens (including phenoxy) is 1. The molecule has 140 valence electrons. The number of nitrogens with zero attached hydrogens (tertiary/aromatic N) is 4. The maximum atomic E-state index is 12.3. The monoisotopic (exact) mass is 388 g/mol. The summed E-state index contributed by atoms with van der Waals surface area (Å²) in [4.78, 5) is 17.5. The zero-order valence-corrected chi connectivity index (χ0v) is 15.6. The molecule has 1 heterocycles. The predicted octanol–water partition coefficient (Wildman–Crippen LogP) is 2.93. The number of fused-ring (bicyclic) bond motifs is 1. The van der Waals surface area contributed by atoms with Gasteiger partial charge in [-0.05, 0) is 56.3 Å². The Morgan fingerprint density at radius 1 is 1.22 bits per heavy atom. The number of carbonyl (C=O) groups is 1. The Labute approximate surface area is 160 Å². The topological polar surface area (TPSA) is 102 Å². The minimum absolute atomic E-state index is 0.0874. The molecule has 0 atom stereocenters. The Morgan fingerprint density at radius 2 is 1.89 bits per heavy atom. The van der Waals surface area contributed by atoms with Crippen LogP contribution >= 0.6 is 11.6 Å². The summed E-state index contributed by atoms with van der Waals surface area (Å²) in [6, 6.07) is 11.6. The summed E-state index contributed by atoms with van der Waals surface area (Å²) in [5.74, 6) is -0.583. The largest absolute Gasteiger partial charge is 0.722 e. The quantitative estimate of drug-likeness (QED) is 0.529. The molecule has 0 saturated heterocycles. The van der Waals surface area contributed by atoms with E-state index in [4.69, 9.17) is 21.4 Å². The number of hydrogen-bond acceptors (Lipinski definition) is 6. The summed E-state index contributed by atoms with van der Waals surface area (Å²) < 4.78 is 5.47. The van der Waals surface area contributed by atoms with Crippen LogP contribution in [0.1, 0.15) is 13.8 Å². The van der Waals surface area contributed by atoms with E-state index >= 15 is 0 Å². The first-order valence-corrected chi connectivity index (χ1v) is 8.38. The number of aromatic nitrogens is 3. The molecule has 0 aliphatic heterocycles. The third-order valence-electron chi connectivity index (χ3n) is 3.94. The summed E-state index contributed by atoms with van der Waals surface area (Å²) in [6.07, 6.45) is 0. The van der Waals surface area contributed by atoms with Crippen molar-refractivity contribution in [2.24, 2.45) is 0 Å². The molecular formula is C18H17ClN4O4. The average molecular weight is 389 g/mol. The second kappa shape index (κ2) is 6.88. The van der Waals surface area contributed by atoms with E-state index in [2.05, 4.69) is 10.1 Å². The Hall–Kier alpha value is -3.13. The van der Waals surface area contributed by atoms with Gasteiger partial charge in [-0.1, -0.05) is 16.6 Å². The number of halogens is 1. The lowest BCUT2D eigenvalue weighted by Crippen LogP contribution is -2.39. The van der Waals surface area contributed by atoms with Crippen LogP contribution < -0.4 is 14.5 Å². The van der Waals surface area contributed by atoms with Crippen LogP contribution in [-0.2, 0) is 4.79 Å². The van der Waals surface area contributed by atoms with Crippen molar-refractivity contribution in [3.05, 3.63) is 52.7 Å². The summed E-state index contributed by atoms with van der Waals surface area (Å²) in [5.41, 5.74) is 0.241. The van der Waals surface area contributed by atoms with Gasteiger partial charge in [0.1, 0.15) is 17.0 Å². The third-order valence-corrected chi connectivity index (χ3v) is 4.17. The lowest BCUT2D eigenvalue weighted by Gasteiger charge is -2.22. The van der Waals surface area contributed by atoms with E-state index < -0.39 is 11.6 Å². The van der Waals surface area contributed by atoms with Crippen molar-refractivity contribution < 1.29 is 19.5 Å². The lowest BCUT2D eigenvalue weighted by atomic mass is 10.1.